The molecule has 0 saturated heterocycles. The van der Waals surface area contributed by atoms with E-state index in [1.165, 1.54) is 0 Å². The average molecular weight is 414 g/mol. The lowest BCUT2D eigenvalue weighted by Gasteiger charge is -2.11. The third-order valence-corrected chi connectivity index (χ3v) is 5.85. The minimum Gasteiger partial charge on any atom is -0.288 e. The van der Waals surface area contributed by atoms with E-state index in [0.29, 0.717) is 7.57 Å². The molecule has 0 bridgehead atoms. The molecule has 0 radical (unpaired) electrons. The Bertz CT molecular complexity index is 618. The van der Waals surface area contributed by atoms with Gasteiger partial charge < -0.3 is 0 Å². The zero-order chi connectivity index (χ0) is 13.2. The van der Waals surface area contributed by atoms with Crippen LogP contribution in [0.3, 0.4) is 0 Å². The summed E-state index contributed by atoms with van der Waals surface area (Å²) in [6, 6.07) is 0. The summed E-state index contributed by atoms with van der Waals surface area (Å²) in [6.07, 6.45) is 0. The Morgan fingerprint density at radius 2 is 1.11 bits per heavy atom. The smallest absolute Gasteiger partial charge is 0.200 e. The van der Waals surface area contributed by atoms with Crippen LogP contribution in [-0.2, 0) is 0 Å². The van der Waals surface area contributed by atoms with Crippen LogP contribution in [0.1, 0.15) is 31.8 Å². The Hall–Kier alpha value is -0.440. The summed E-state index contributed by atoms with van der Waals surface area (Å²) >= 11 is 7.62. The number of carbonyl (C=O) groups excluding carboxylic acids is 2. The maximum Gasteiger partial charge on any atom is 0.200 e. The molecule has 0 aliphatic heterocycles. The largest absolute Gasteiger partial charge is 0.288 e. The number of fused-ring (bicyclic) bond motifs is 2. The number of carbonyl (C=O) groups is 2. The molecule has 1 aliphatic carbocycles. The van der Waals surface area contributed by atoms with Crippen molar-refractivity contribution >= 4 is 66.1 Å². The van der Waals surface area contributed by atoms with Gasteiger partial charge in [-0.1, -0.05) is 11.3 Å². The summed E-state index contributed by atoms with van der Waals surface area (Å²) in [7, 11) is 0. The molecule has 0 spiro atoms. The fourth-order valence-corrected chi connectivity index (χ4v) is 5.70. The minimum atomic E-state index is -0.958. The quantitative estimate of drug-likeness (QED) is 0.547. The van der Waals surface area contributed by atoms with E-state index >= 15 is 0 Å². The van der Waals surface area contributed by atoms with Crippen molar-refractivity contribution in [1.29, 1.82) is 0 Å². The molecule has 2 aromatic rings. The van der Waals surface area contributed by atoms with E-state index in [9.17, 15) is 18.4 Å². The third kappa shape index (κ3) is 1.46. The molecule has 2 aromatic heterocycles. The van der Waals surface area contributed by atoms with Gasteiger partial charge in [-0.05, 0) is 31.9 Å². The molecule has 18 heavy (non-hydrogen) atoms. The Morgan fingerprint density at radius 3 is 1.50 bits per heavy atom. The molecular weight excluding hydrogens is 414 g/mol. The zero-order valence-corrected chi connectivity index (χ0v) is 12.9. The summed E-state index contributed by atoms with van der Waals surface area (Å²) < 4.78 is 27.9. The fraction of sp³-hybridized carbons (Fsp3) is 0. The molecule has 0 atom stereocenters. The van der Waals surface area contributed by atoms with Gasteiger partial charge >= 0.3 is 0 Å². The lowest BCUT2D eigenvalue weighted by molar-refractivity contribution is 0.0974. The van der Waals surface area contributed by atoms with Crippen LogP contribution in [0.4, 0.5) is 8.78 Å². The van der Waals surface area contributed by atoms with Crippen LogP contribution in [0.5, 0.6) is 0 Å². The predicted molar refractivity (Wildman–Crippen MR) is 70.8 cm³/mol. The molecule has 3 rings (SSSR count). The van der Waals surface area contributed by atoms with Gasteiger partial charge in [0.2, 0.25) is 11.6 Å². The highest BCUT2D eigenvalue weighted by atomic mass is 79.9. The van der Waals surface area contributed by atoms with E-state index in [1.807, 2.05) is 0 Å². The first-order chi connectivity index (χ1) is 8.43. The Kier molecular flexibility index (Phi) is 2.81. The molecule has 0 fully saturated rings. The molecule has 8 heteroatoms. The van der Waals surface area contributed by atoms with Crippen molar-refractivity contribution in [1.82, 2.24) is 0 Å². The van der Waals surface area contributed by atoms with Crippen LogP contribution < -0.4 is 0 Å². The van der Waals surface area contributed by atoms with Crippen LogP contribution in [0, 0.1) is 10.3 Å². The van der Waals surface area contributed by atoms with Crippen molar-refractivity contribution in [2.24, 2.45) is 0 Å². The molecule has 0 N–H and O–H groups in total. The monoisotopic (exact) mass is 412 g/mol. The van der Waals surface area contributed by atoms with E-state index in [1.54, 1.807) is 0 Å². The van der Waals surface area contributed by atoms with Crippen LogP contribution in [0.15, 0.2) is 7.57 Å². The first kappa shape index (κ1) is 12.6. The highest BCUT2D eigenvalue weighted by Crippen LogP contribution is 2.44. The molecule has 0 saturated carbocycles. The van der Waals surface area contributed by atoms with Gasteiger partial charge in [0.15, 0.2) is 10.3 Å². The summed E-state index contributed by atoms with van der Waals surface area (Å²) in [5, 5.41) is -1.92. The van der Waals surface area contributed by atoms with Gasteiger partial charge in [-0.25, -0.2) is 0 Å². The SMILES string of the molecule is O=C1c2c(F)sc(F)c2C(=O)c2c(Br)sc(Br)c21. The highest BCUT2D eigenvalue weighted by molar-refractivity contribution is 9.12. The molecule has 92 valence electrons. The first-order valence-electron chi connectivity index (χ1n) is 4.48. The average Bonchev–Trinajstić information content (AvgIpc) is 2.73. The van der Waals surface area contributed by atoms with Crippen molar-refractivity contribution in [3.05, 3.63) is 40.1 Å². The van der Waals surface area contributed by atoms with Gasteiger partial charge in [-0.3, -0.25) is 9.59 Å². The topological polar surface area (TPSA) is 34.1 Å². The molecule has 2 heterocycles. The molecule has 1 aliphatic rings. The molecule has 2 nitrogen and oxygen atoms in total. The summed E-state index contributed by atoms with van der Waals surface area (Å²) in [4.78, 5) is 24.3. The number of thiophene rings is 2. The van der Waals surface area contributed by atoms with Crippen LogP contribution >= 0.6 is 54.5 Å². The summed E-state index contributed by atoms with van der Waals surface area (Å²) in [5.41, 5.74) is -0.718. The van der Waals surface area contributed by atoms with Gasteiger partial charge in [0.25, 0.3) is 0 Å². The lowest BCUT2D eigenvalue weighted by Crippen LogP contribution is -2.20. The number of ketones is 2. The Labute approximate surface area is 124 Å². The highest BCUT2D eigenvalue weighted by Gasteiger charge is 2.40. The fourth-order valence-electron chi connectivity index (χ4n) is 1.82. The van der Waals surface area contributed by atoms with E-state index in [-0.39, 0.29) is 22.5 Å². The molecule has 0 aromatic carbocycles. The number of halogens is 4. The number of hydrogen-bond acceptors (Lipinski definition) is 4. The summed E-state index contributed by atoms with van der Waals surface area (Å²) in [6.45, 7) is 0. The summed E-state index contributed by atoms with van der Waals surface area (Å²) in [5.74, 6) is -1.32. The number of hydrogen-bond donors (Lipinski definition) is 0. The van der Waals surface area contributed by atoms with Crippen molar-refractivity contribution in [3.8, 4) is 0 Å². The third-order valence-electron chi connectivity index (χ3n) is 2.55. The molecule has 0 amide bonds. The maximum atomic E-state index is 13.5. The van der Waals surface area contributed by atoms with E-state index in [2.05, 4.69) is 31.9 Å². The van der Waals surface area contributed by atoms with Crippen LogP contribution in [0.25, 0.3) is 0 Å². The van der Waals surface area contributed by atoms with Gasteiger partial charge in [0.05, 0.1) is 29.8 Å². The lowest BCUT2D eigenvalue weighted by atomic mass is 9.89. The second-order valence-electron chi connectivity index (χ2n) is 3.46. The van der Waals surface area contributed by atoms with Crippen molar-refractivity contribution in [2.45, 2.75) is 0 Å². The normalized spacial score (nSPS) is 13.8. The van der Waals surface area contributed by atoms with Gasteiger partial charge in [-0.15, -0.1) is 11.3 Å². The Morgan fingerprint density at radius 1 is 0.722 bits per heavy atom. The van der Waals surface area contributed by atoms with E-state index in [4.69, 9.17) is 0 Å². The van der Waals surface area contributed by atoms with Crippen molar-refractivity contribution < 1.29 is 18.4 Å². The van der Waals surface area contributed by atoms with Crippen LogP contribution in [-0.4, -0.2) is 11.6 Å². The standard InChI is InChI=1S/C10Br2F2O2S2/c11-7-1-2(8(12)17-7)6(16)4-3(5(1)15)9(13)18-10(4)14. The maximum absolute atomic E-state index is 13.5. The van der Waals surface area contributed by atoms with E-state index in [0.717, 1.165) is 11.3 Å². The van der Waals surface area contributed by atoms with Crippen molar-refractivity contribution in [2.75, 3.05) is 0 Å². The predicted octanol–water partition coefficient (Wildman–Crippen LogP) is 4.39. The van der Waals surface area contributed by atoms with Gasteiger partial charge in [-0.2, -0.15) is 8.78 Å². The van der Waals surface area contributed by atoms with Gasteiger partial charge in [0.1, 0.15) is 0 Å². The Balaban J connectivity index is 2.42. The minimum absolute atomic E-state index is 0.0982. The van der Waals surface area contributed by atoms with Gasteiger partial charge in [0, 0.05) is 0 Å². The van der Waals surface area contributed by atoms with E-state index < -0.39 is 33.0 Å². The molecule has 0 unspecified atom stereocenters. The second kappa shape index (κ2) is 4.03. The first-order valence-corrected chi connectivity index (χ1v) is 7.70. The van der Waals surface area contributed by atoms with Crippen molar-refractivity contribution in [3.63, 3.8) is 0 Å². The second-order valence-corrected chi connectivity index (χ2v) is 8.03. The number of rotatable bonds is 0. The zero-order valence-electron chi connectivity index (χ0n) is 8.14. The molecular formula is C10Br2F2O2S2. The van der Waals surface area contributed by atoms with Crippen LogP contribution in [0.2, 0.25) is 0 Å².